The molecule has 0 fully saturated rings. The Morgan fingerprint density at radius 2 is 2.29 bits per heavy atom. The van der Waals surface area contributed by atoms with Crippen LogP contribution in [0.5, 0.6) is 0 Å². The molecule has 0 bridgehead atoms. The van der Waals surface area contributed by atoms with E-state index in [1.54, 1.807) is 12.1 Å². The molecule has 2 rings (SSSR count). The quantitative estimate of drug-likeness (QED) is 0.722. The highest BCUT2D eigenvalue weighted by atomic mass is 16.4. The van der Waals surface area contributed by atoms with Gasteiger partial charge in [-0.25, -0.2) is 4.79 Å². The Morgan fingerprint density at radius 3 is 2.86 bits per heavy atom. The monoisotopic (exact) mass is 190 g/mol. The van der Waals surface area contributed by atoms with Crippen LogP contribution in [-0.4, -0.2) is 31.5 Å². The fraction of sp³-hybridized carbons (Fsp3) is 0. The van der Waals surface area contributed by atoms with E-state index in [4.69, 9.17) is 5.11 Å². The first-order chi connectivity index (χ1) is 6.77. The van der Waals surface area contributed by atoms with E-state index >= 15 is 0 Å². The molecule has 0 unspecified atom stereocenters. The molecule has 0 aliphatic carbocycles. The maximum absolute atomic E-state index is 10.5. The first-order valence-corrected chi connectivity index (χ1v) is 3.84. The zero-order valence-corrected chi connectivity index (χ0v) is 7.01. The van der Waals surface area contributed by atoms with Gasteiger partial charge in [-0.2, -0.15) is 10.2 Å². The van der Waals surface area contributed by atoms with E-state index in [2.05, 4.69) is 20.4 Å². The lowest BCUT2D eigenvalue weighted by Crippen LogP contribution is -1.95. The molecule has 2 heterocycles. The van der Waals surface area contributed by atoms with Crippen molar-refractivity contribution < 1.29 is 9.90 Å². The minimum atomic E-state index is -1.05. The third-order valence-electron chi connectivity index (χ3n) is 1.64. The Labute approximate surface area is 78.6 Å². The number of H-pyrrole nitrogens is 1. The number of rotatable bonds is 2. The molecule has 6 nitrogen and oxygen atoms in total. The van der Waals surface area contributed by atoms with Crippen LogP contribution in [0, 0.1) is 0 Å². The molecule has 14 heavy (non-hydrogen) atoms. The maximum atomic E-state index is 10.5. The molecule has 2 aromatic rings. The van der Waals surface area contributed by atoms with Crippen molar-refractivity contribution in [3.8, 4) is 11.4 Å². The SMILES string of the molecule is O=C(O)c1cc(-c2cccnn2)n[nH]1. The fourth-order valence-corrected chi connectivity index (χ4v) is 1.00. The third-order valence-corrected chi connectivity index (χ3v) is 1.64. The van der Waals surface area contributed by atoms with Crippen LogP contribution in [0.2, 0.25) is 0 Å². The van der Waals surface area contributed by atoms with E-state index in [9.17, 15) is 4.79 Å². The van der Waals surface area contributed by atoms with Gasteiger partial charge >= 0.3 is 5.97 Å². The first-order valence-electron chi connectivity index (χ1n) is 3.84. The van der Waals surface area contributed by atoms with Crippen molar-refractivity contribution in [1.29, 1.82) is 0 Å². The molecule has 0 atom stereocenters. The van der Waals surface area contributed by atoms with E-state index in [-0.39, 0.29) is 5.69 Å². The van der Waals surface area contributed by atoms with Crippen molar-refractivity contribution in [3.63, 3.8) is 0 Å². The van der Waals surface area contributed by atoms with Crippen LogP contribution >= 0.6 is 0 Å². The number of carboxylic acid groups (broad SMARTS) is 1. The molecule has 0 aliphatic rings. The summed E-state index contributed by atoms with van der Waals surface area (Å²) in [4.78, 5) is 10.5. The second kappa shape index (κ2) is 3.25. The summed E-state index contributed by atoms with van der Waals surface area (Å²) in [7, 11) is 0. The molecule has 0 saturated heterocycles. The Balaban J connectivity index is 2.39. The summed E-state index contributed by atoms with van der Waals surface area (Å²) in [5.41, 5.74) is 1.04. The van der Waals surface area contributed by atoms with Gasteiger partial charge in [-0.05, 0) is 12.1 Å². The van der Waals surface area contributed by atoms with Gasteiger partial charge in [-0.3, -0.25) is 5.10 Å². The van der Waals surface area contributed by atoms with E-state index in [1.165, 1.54) is 12.3 Å². The van der Waals surface area contributed by atoms with Gasteiger partial charge in [0.05, 0.1) is 0 Å². The smallest absolute Gasteiger partial charge is 0.353 e. The van der Waals surface area contributed by atoms with Crippen LogP contribution in [0.4, 0.5) is 0 Å². The molecule has 0 amide bonds. The number of hydrogen-bond acceptors (Lipinski definition) is 4. The largest absolute Gasteiger partial charge is 0.477 e. The number of aromatic amines is 1. The highest BCUT2D eigenvalue weighted by Gasteiger charge is 2.09. The molecule has 2 N–H and O–H groups in total. The Kier molecular flexibility index (Phi) is 1.94. The second-order valence-electron chi connectivity index (χ2n) is 2.58. The lowest BCUT2D eigenvalue weighted by molar-refractivity contribution is 0.0690. The van der Waals surface area contributed by atoms with E-state index in [0.29, 0.717) is 11.4 Å². The summed E-state index contributed by atoms with van der Waals surface area (Å²) in [5, 5.41) is 22.3. The van der Waals surface area contributed by atoms with Crippen LogP contribution in [0.15, 0.2) is 24.4 Å². The summed E-state index contributed by atoms with van der Waals surface area (Å²) in [5.74, 6) is -1.05. The number of aromatic carboxylic acids is 1. The lowest BCUT2D eigenvalue weighted by Gasteiger charge is -1.89. The van der Waals surface area contributed by atoms with Crippen LogP contribution in [0.25, 0.3) is 11.4 Å². The summed E-state index contributed by atoms with van der Waals surface area (Å²) >= 11 is 0. The zero-order chi connectivity index (χ0) is 9.97. The number of aromatic nitrogens is 4. The standard InChI is InChI=1S/C8H6N4O2/c13-8(14)7-4-6(11-12-7)5-2-1-3-9-10-5/h1-4H,(H,11,12)(H,13,14). The number of carbonyl (C=O) groups is 1. The van der Waals surface area contributed by atoms with Crippen molar-refractivity contribution >= 4 is 5.97 Å². The van der Waals surface area contributed by atoms with Gasteiger partial charge in [0, 0.05) is 12.3 Å². The maximum Gasteiger partial charge on any atom is 0.353 e. The summed E-state index contributed by atoms with van der Waals surface area (Å²) in [6, 6.07) is 4.82. The second-order valence-corrected chi connectivity index (χ2v) is 2.58. The first kappa shape index (κ1) is 8.36. The van der Waals surface area contributed by atoms with E-state index in [1.807, 2.05) is 0 Å². The van der Waals surface area contributed by atoms with Crippen LogP contribution in [-0.2, 0) is 0 Å². The fourth-order valence-electron chi connectivity index (χ4n) is 1.00. The molecule has 0 aliphatic heterocycles. The van der Waals surface area contributed by atoms with Crippen molar-refractivity contribution in [3.05, 3.63) is 30.1 Å². The van der Waals surface area contributed by atoms with Gasteiger partial charge in [0.15, 0.2) is 0 Å². The zero-order valence-electron chi connectivity index (χ0n) is 7.01. The average molecular weight is 190 g/mol. The topological polar surface area (TPSA) is 91.8 Å². The Hall–Kier alpha value is -2.24. The van der Waals surface area contributed by atoms with E-state index in [0.717, 1.165) is 0 Å². The normalized spacial score (nSPS) is 10.0. The number of nitrogens with one attached hydrogen (secondary N) is 1. The van der Waals surface area contributed by atoms with Crippen LogP contribution < -0.4 is 0 Å². The summed E-state index contributed by atoms with van der Waals surface area (Å²) < 4.78 is 0. The van der Waals surface area contributed by atoms with Gasteiger partial charge in [-0.15, -0.1) is 5.10 Å². The third kappa shape index (κ3) is 1.45. The van der Waals surface area contributed by atoms with Gasteiger partial charge in [0.1, 0.15) is 17.1 Å². The van der Waals surface area contributed by atoms with Crippen LogP contribution in [0.3, 0.4) is 0 Å². The number of carboxylic acids is 1. The van der Waals surface area contributed by atoms with E-state index < -0.39 is 5.97 Å². The Bertz CT molecular complexity index is 451. The van der Waals surface area contributed by atoms with Gasteiger partial charge in [0.2, 0.25) is 0 Å². The average Bonchev–Trinajstić information content (AvgIpc) is 2.68. The van der Waals surface area contributed by atoms with Crippen molar-refractivity contribution in [1.82, 2.24) is 20.4 Å². The molecule has 0 aromatic carbocycles. The van der Waals surface area contributed by atoms with Crippen molar-refractivity contribution in [2.24, 2.45) is 0 Å². The molecule has 0 saturated carbocycles. The molecular weight excluding hydrogens is 184 g/mol. The molecule has 0 radical (unpaired) electrons. The van der Waals surface area contributed by atoms with Crippen LogP contribution in [0.1, 0.15) is 10.5 Å². The highest BCUT2D eigenvalue weighted by Crippen LogP contribution is 2.12. The predicted octanol–water partition coefficient (Wildman–Crippen LogP) is 0.565. The molecule has 2 aromatic heterocycles. The van der Waals surface area contributed by atoms with Crippen molar-refractivity contribution in [2.75, 3.05) is 0 Å². The molecule has 70 valence electrons. The van der Waals surface area contributed by atoms with Gasteiger partial charge in [-0.1, -0.05) is 0 Å². The van der Waals surface area contributed by atoms with Crippen molar-refractivity contribution in [2.45, 2.75) is 0 Å². The van der Waals surface area contributed by atoms with Gasteiger partial charge in [0.25, 0.3) is 0 Å². The minimum Gasteiger partial charge on any atom is -0.477 e. The Morgan fingerprint density at radius 1 is 1.43 bits per heavy atom. The minimum absolute atomic E-state index is 0.0330. The lowest BCUT2D eigenvalue weighted by atomic mass is 10.3. The highest BCUT2D eigenvalue weighted by molar-refractivity contribution is 5.86. The number of nitrogens with zero attached hydrogens (tertiary/aromatic N) is 3. The molecular formula is C8H6N4O2. The van der Waals surface area contributed by atoms with Gasteiger partial charge < -0.3 is 5.11 Å². The predicted molar refractivity (Wildman–Crippen MR) is 46.6 cm³/mol. The summed E-state index contributed by atoms with van der Waals surface area (Å²) in [6.45, 7) is 0. The summed E-state index contributed by atoms with van der Waals surface area (Å²) in [6.07, 6.45) is 1.54. The molecule has 6 heteroatoms. The number of hydrogen-bond donors (Lipinski definition) is 2. The molecule has 0 spiro atoms.